The lowest BCUT2D eigenvalue weighted by molar-refractivity contribution is -0.131. The van der Waals surface area contributed by atoms with Crippen LogP contribution in [0.1, 0.15) is 34.8 Å². The zero-order valence-corrected chi connectivity index (χ0v) is 17.1. The molecular formula is C21H25Cl2N3O2. The number of amides is 2. The van der Waals surface area contributed by atoms with E-state index >= 15 is 0 Å². The van der Waals surface area contributed by atoms with E-state index in [4.69, 9.17) is 11.6 Å². The molecule has 0 aliphatic carbocycles. The van der Waals surface area contributed by atoms with Gasteiger partial charge in [0.25, 0.3) is 5.91 Å². The molecule has 1 heterocycles. The molecule has 0 radical (unpaired) electrons. The van der Waals surface area contributed by atoms with Gasteiger partial charge in [-0.3, -0.25) is 9.59 Å². The summed E-state index contributed by atoms with van der Waals surface area (Å²) in [5.41, 5.74) is 1.31. The molecule has 5 nitrogen and oxygen atoms in total. The quantitative estimate of drug-likeness (QED) is 0.776. The van der Waals surface area contributed by atoms with Crippen LogP contribution in [0.2, 0.25) is 5.02 Å². The fourth-order valence-electron chi connectivity index (χ4n) is 3.22. The van der Waals surface area contributed by atoms with Crippen LogP contribution in [0.25, 0.3) is 0 Å². The molecule has 2 aromatic carbocycles. The molecule has 7 heteroatoms. The molecule has 2 amide bonds. The summed E-state index contributed by atoms with van der Waals surface area (Å²) >= 11 is 6.15. The van der Waals surface area contributed by atoms with Crippen molar-refractivity contribution in [3.8, 4) is 0 Å². The molecule has 0 saturated carbocycles. The summed E-state index contributed by atoms with van der Waals surface area (Å²) in [4.78, 5) is 27.4. The van der Waals surface area contributed by atoms with E-state index in [1.165, 1.54) is 0 Å². The molecule has 0 spiro atoms. The van der Waals surface area contributed by atoms with Crippen molar-refractivity contribution in [3.63, 3.8) is 0 Å². The third-order valence-electron chi connectivity index (χ3n) is 4.70. The van der Waals surface area contributed by atoms with Crippen LogP contribution in [0.15, 0.2) is 54.6 Å². The van der Waals surface area contributed by atoms with E-state index in [1.54, 1.807) is 24.3 Å². The minimum Gasteiger partial charge on any atom is -0.345 e. The molecule has 1 atom stereocenters. The molecule has 2 N–H and O–H groups in total. The lowest BCUT2D eigenvalue weighted by atomic mass is 10.0. The Hall–Kier alpha value is -2.08. The Morgan fingerprint density at radius 3 is 2.50 bits per heavy atom. The van der Waals surface area contributed by atoms with Crippen molar-refractivity contribution in [1.29, 1.82) is 0 Å². The van der Waals surface area contributed by atoms with Crippen molar-refractivity contribution < 1.29 is 9.59 Å². The van der Waals surface area contributed by atoms with E-state index in [2.05, 4.69) is 10.6 Å². The third kappa shape index (κ3) is 5.96. The summed E-state index contributed by atoms with van der Waals surface area (Å²) in [5.74, 6) is -0.230. The van der Waals surface area contributed by atoms with Gasteiger partial charge in [-0.05, 0) is 30.7 Å². The first-order valence-electron chi connectivity index (χ1n) is 9.24. The fourth-order valence-corrected chi connectivity index (χ4v) is 3.44. The Bertz CT molecular complexity index is 778. The van der Waals surface area contributed by atoms with Crippen LogP contribution in [0.4, 0.5) is 0 Å². The number of carbonyl (C=O) groups excluding carboxylic acids is 2. The summed E-state index contributed by atoms with van der Waals surface area (Å²) < 4.78 is 0. The molecule has 3 rings (SSSR count). The minimum absolute atomic E-state index is 0. The number of rotatable bonds is 5. The van der Waals surface area contributed by atoms with Crippen molar-refractivity contribution in [2.75, 3.05) is 26.2 Å². The van der Waals surface area contributed by atoms with Crippen LogP contribution in [-0.4, -0.2) is 42.9 Å². The summed E-state index contributed by atoms with van der Waals surface area (Å²) in [5, 5.41) is 6.68. The Balaban J connectivity index is 0.00000280. The van der Waals surface area contributed by atoms with Crippen LogP contribution >= 0.6 is 24.0 Å². The van der Waals surface area contributed by atoms with Crippen LogP contribution < -0.4 is 10.6 Å². The lowest BCUT2D eigenvalue weighted by Gasteiger charge is -2.25. The minimum atomic E-state index is -0.404. The summed E-state index contributed by atoms with van der Waals surface area (Å²) in [6.45, 7) is 3.16. The molecule has 0 aromatic heterocycles. The topological polar surface area (TPSA) is 61.4 Å². The third-order valence-corrected chi connectivity index (χ3v) is 5.03. The standard InChI is InChI=1S/C21H24ClN3O2.ClH/c22-18-10-5-4-9-17(18)21(27)24-19(16-7-2-1-3-8-16)15-20(26)25-13-6-11-23-12-14-25;/h1-5,7-10,19,23H,6,11-15H2,(H,24,27);1H. The molecule has 1 saturated heterocycles. The van der Waals surface area contributed by atoms with Gasteiger partial charge in [0.1, 0.15) is 0 Å². The number of nitrogens with zero attached hydrogens (tertiary/aromatic N) is 1. The van der Waals surface area contributed by atoms with Crippen molar-refractivity contribution in [2.24, 2.45) is 0 Å². The molecule has 1 unspecified atom stereocenters. The van der Waals surface area contributed by atoms with Crippen LogP contribution in [0.3, 0.4) is 0 Å². The van der Waals surface area contributed by atoms with E-state index in [0.29, 0.717) is 17.1 Å². The second-order valence-corrected chi connectivity index (χ2v) is 7.01. The first-order chi connectivity index (χ1) is 13.1. The van der Waals surface area contributed by atoms with Crippen molar-refractivity contribution >= 4 is 35.8 Å². The predicted octanol–water partition coefficient (Wildman–Crippen LogP) is 3.44. The highest BCUT2D eigenvalue weighted by atomic mass is 35.5. The average molecular weight is 422 g/mol. The normalized spacial score (nSPS) is 15.1. The number of nitrogens with one attached hydrogen (secondary N) is 2. The lowest BCUT2D eigenvalue weighted by Crippen LogP contribution is -2.38. The van der Waals surface area contributed by atoms with Gasteiger partial charge in [-0.25, -0.2) is 0 Å². The van der Waals surface area contributed by atoms with Gasteiger partial charge in [0.2, 0.25) is 5.91 Å². The number of hydrogen-bond donors (Lipinski definition) is 2. The van der Waals surface area contributed by atoms with Gasteiger partial charge in [0.15, 0.2) is 0 Å². The largest absolute Gasteiger partial charge is 0.345 e. The SMILES string of the molecule is Cl.O=C(NC(CC(=O)N1CCCNCC1)c1ccccc1)c1ccccc1Cl. The molecule has 1 aliphatic heterocycles. The Morgan fingerprint density at radius 2 is 1.75 bits per heavy atom. The second-order valence-electron chi connectivity index (χ2n) is 6.61. The van der Waals surface area contributed by atoms with Gasteiger partial charge in [-0.2, -0.15) is 0 Å². The number of carbonyl (C=O) groups is 2. The molecule has 2 aromatic rings. The fraction of sp³-hybridized carbons (Fsp3) is 0.333. The number of benzene rings is 2. The maximum atomic E-state index is 12.8. The smallest absolute Gasteiger partial charge is 0.253 e. The van der Waals surface area contributed by atoms with Gasteiger partial charge in [-0.15, -0.1) is 12.4 Å². The highest BCUT2D eigenvalue weighted by Crippen LogP contribution is 2.21. The van der Waals surface area contributed by atoms with E-state index in [-0.39, 0.29) is 30.6 Å². The Labute approximate surface area is 176 Å². The summed E-state index contributed by atoms with van der Waals surface area (Å²) in [6, 6.07) is 16.1. The molecular weight excluding hydrogens is 397 g/mol. The second kappa shape index (κ2) is 11.1. The van der Waals surface area contributed by atoms with Crippen LogP contribution in [0.5, 0.6) is 0 Å². The molecule has 1 aliphatic rings. The van der Waals surface area contributed by atoms with E-state index in [0.717, 1.165) is 31.6 Å². The number of hydrogen-bond acceptors (Lipinski definition) is 3. The van der Waals surface area contributed by atoms with Gasteiger partial charge < -0.3 is 15.5 Å². The Morgan fingerprint density at radius 1 is 1.04 bits per heavy atom. The first kappa shape index (κ1) is 22.2. The van der Waals surface area contributed by atoms with E-state index in [9.17, 15) is 9.59 Å². The number of halogens is 2. The van der Waals surface area contributed by atoms with E-state index < -0.39 is 6.04 Å². The molecule has 0 bridgehead atoms. The van der Waals surface area contributed by atoms with Crippen molar-refractivity contribution in [2.45, 2.75) is 18.9 Å². The van der Waals surface area contributed by atoms with Crippen LogP contribution in [0, 0.1) is 0 Å². The van der Waals surface area contributed by atoms with Gasteiger partial charge in [0.05, 0.1) is 23.0 Å². The maximum Gasteiger partial charge on any atom is 0.253 e. The van der Waals surface area contributed by atoms with Crippen molar-refractivity contribution in [1.82, 2.24) is 15.5 Å². The first-order valence-corrected chi connectivity index (χ1v) is 9.62. The highest BCUT2D eigenvalue weighted by molar-refractivity contribution is 6.33. The molecule has 1 fully saturated rings. The molecule has 28 heavy (non-hydrogen) atoms. The highest BCUT2D eigenvalue weighted by Gasteiger charge is 2.23. The zero-order valence-electron chi connectivity index (χ0n) is 15.6. The average Bonchev–Trinajstić information content (AvgIpc) is 2.98. The summed E-state index contributed by atoms with van der Waals surface area (Å²) in [7, 11) is 0. The predicted molar refractivity (Wildman–Crippen MR) is 114 cm³/mol. The Kier molecular flexibility index (Phi) is 8.77. The monoisotopic (exact) mass is 421 g/mol. The van der Waals surface area contributed by atoms with Gasteiger partial charge >= 0.3 is 0 Å². The van der Waals surface area contributed by atoms with Crippen LogP contribution in [-0.2, 0) is 4.79 Å². The summed E-state index contributed by atoms with van der Waals surface area (Å²) in [6.07, 6.45) is 1.16. The van der Waals surface area contributed by atoms with Crippen molar-refractivity contribution in [3.05, 3.63) is 70.7 Å². The molecule has 150 valence electrons. The van der Waals surface area contributed by atoms with Gasteiger partial charge in [-0.1, -0.05) is 54.1 Å². The van der Waals surface area contributed by atoms with E-state index in [1.807, 2.05) is 35.2 Å². The maximum absolute atomic E-state index is 12.8. The zero-order chi connectivity index (χ0) is 19.1. The van der Waals surface area contributed by atoms with Gasteiger partial charge in [0, 0.05) is 19.6 Å².